The van der Waals surface area contributed by atoms with E-state index in [-0.39, 0.29) is 30.9 Å². The highest BCUT2D eigenvalue weighted by Gasteiger charge is 2.28. The second kappa shape index (κ2) is 11.6. The molecule has 0 N–H and O–H groups in total. The van der Waals surface area contributed by atoms with Gasteiger partial charge in [0.25, 0.3) is 5.91 Å². The number of carbonyl (C=O) groups excluding carboxylic acids is 2. The number of likely N-dealkylation sites (tertiary alicyclic amines) is 1. The quantitative estimate of drug-likeness (QED) is 0.481. The molecule has 1 aliphatic rings. The van der Waals surface area contributed by atoms with Crippen LogP contribution in [0.1, 0.15) is 25.3 Å². The summed E-state index contributed by atoms with van der Waals surface area (Å²) in [5.41, 5.74) is 1.28. The Labute approximate surface area is 205 Å². The Balaban J connectivity index is 1.55. The standard InChI is InChI=1S/C24H29ClN2O6S/c1-3-32-24(29)19-12-14-26(15-13-19)23(28)17-33-22-10-8-21(9-11-22)27(34(2,30)31)16-18-4-6-20(25)7-5-18/h4-11,19H,3,12-17H2,1-2H3. The van der Waals surface area contributed by atoms with E-state index in [2.05, 4.69) is 0 Å². The summed E-state index contributed by atoms with van der Waals surface area (Å²) >= 11 is 5.91. The minimum Gasteiger partial charge on any atom is -0.484 e. The largest absolute Gasteiger partial charge is 0.484 e. The molecule has 0 unspecified atom stereocenters. The van der Waals surface area contributed by atoms with Crippen LogP contribution < -0.4 is 9.04 Å². The van der Waals surface area contributed by atoms with Gasteiger partial charge in [0.1, 0.15) is 5.75 Å². The molecule has 0 bridgehead atoms. The van der Waals surface area contributed by atoms with E-state index < -0.39 is 10.0 Å². The number of rotatable bonds is 9. The number of sulfonamides is 1. The van der Waals surface area contributed by atoms with E-state index in [1.54, 1.807) is 60.4 Å². The van der Waals surface area contributed by atoms with Gasteiger partial charge in [0.05, 0.1) is 31.0 Å². The van der Waals surface area contributed by atoms with Crippen LogP contribution in [-0.2, 0) is 30.9 Å². The number of piperidine rings is 1. The summed E-state index contributed by atoms with van der Waals surface area (Å²) in [6, 6.07) is 13.5. The number of anilines is 1. The highest BCUT2D eigenvalue weighted by atomic mass is 35.5. The molecule has 1 fully saturated rings. The van der Waals surface area contributed by atoms with Crippen LogP contribution in [0.5, 0.6) is 5.75 Å². The third-order valence-corrected chi connectivity index (χ3v) is 6.99. The monoisotopic (exact) mass is 508 g/mol. The number of hydrogen-bond donors (Lipinski definition) is 0. The molecule has 10 heteroatoms. The number of esters is 1. The predicted molar refractivity (Wildman–Crippen MR) is 130 cm³/mol. The van der Waals surface area contributed by atoms with Gasteiger partial charge in [-0.3, -0.25) is 13.9 Å². The molecule has 1 aliphatic heterocycles. The molecule has 3 rings (SSSR count). The first-order chi connectivity index (χ1) is 16.2. The van der Waals surface area contributed by atoms with Gasteiger partial charge < -0.3 is 14.4 Å². The topological polar surface area (TPSA) is 93.2 Å². The van der Waals surface area contributed by atoms with E-state index in [0.29, 0.717) is 49.0 Å². The lowest BCUT2D eigenvalue weighted by atomic mass is 9.97. The number of amides is 1. The van der Waals surface area contributed by atoms with Gasteiger partial charge in [-0.15, -0.1) is 0 Å². The van der Waals surface area contributed by atoms with Crippen molar-refractivity contribution < 1.29 is 27.5 Å². The van der Waals surface area contributed by atoms with Crippen molar-refractivity contribution in [2.75, 3.05) is 36.9 Å². The van der Waals surface area contributed by atoms with Crippen LogP contribution in [0.15, 0.2) is 48.5 Å². The molecule has 1 amide bonds. The summed E-state index contributed by atoms with van der Waals surface area (Å²) in [6.45, 7) is 3.13. The van der Waals surface area contributed by atoms with Crippen molar-refractivity contribution in [3.63, 3.8) is 0 Å². The Morgan fingerprint density at radius 1 is 1.06 bits per heavy atom. The molecule has 2 aromatic rings. The van der Waals surface area contributed by atoms with Crippen LogP contribution >= 0.6 is 11.6 Å². The number of ether oxygens (including phenoxy) is 2. The van der Waals surface area contributed by atoms with E-state index in [1.165, 1.54) is 4.31 Å². The normalized spacial score (nSPS) is 14.5. The third-order valence-electron chi connectivity index (χ3n) is 5.59. The van der Waals surface area contributed by atoms with Crippen LogP contribution in [0.4, 0.5) is 5.69 Å². The molecule has 0 saturated carbocycles. The lowest BCUT2D eigenvalue weighted by Crippen LogP contribution is -2.42. The average molecular weight is 509 g/mol. The Hall–Kier alpha value is -2.78. The summed E-state index contributed by atoms with van der Waals surface area (Å²) in [6.07, 6.45) is 2.31. The zero-order valence-corrected chi connectivity index (χ0v) is 20.8. The number of benzene rings is 2. The molecule has 0 aliphatic carbocycles. The Kier molecular flexibility index (Phi) is 8.79. The summed E-state index contributed by atoms with van der Waals surface area (Å²) < 4.78 is 36.7. The maximum Gasteiger partial charge on any atom is 0.309 e. The highest BCUT2D eigenvalue weighted by Crippen LogP contribution is 2.25. The fraction of sp³-hybridized carbons (Fsp3) is 0.417. The zero-order valence-electron chi connectivity index (χ0n) is 19.3. The van der Waals surface area contributed by atoms with Crippen molar-refractivity contribution in [1.82, 2.24) is 4.90 Å². The van der Waals surface area contributed by atoms with Crippen LogP contribution in [-0.4, -0.2) is 57.8 Å². The second-order valence-corrected chi connectivity index (χ2v) is 10.4. The van der Waals surface area contributed by atoms with Gasteiger partial charge >= 0.3 is 5.97 Å². The van der Waals surface area contributed by atoms with Gasteiger partial charge in [-0.2, -0.15) is 0 Å². The Morgan fingerprint density at radius 3 is 2.24 bits per heavy atom. The van der Waals surface area contributed by atoms with Crippen molar-refractivity contribution >= 4 is 39.2 Å². The molecule has 2 aromatic carbocycles. The van der Waals surface area contributed by atoms with Crippen molar-refractivity contribution in [3.05, 3.63) is 59.1 Å². The zero-order chi connectivity index (χ0) is 24.7. The smallest absolute Gasteiger partial charge is 0.309 e. The van der Waals surface area contributed by atoms with E-state index >= 15 is 0 Å². The second-order valence-electron chi connectivity index (χ2n) is 8.09. The number of nitrogens with zero attached hydrogens (tertiary/aromatic N) is 2. The van der Waals surface area contributed by atoms with Gasteiger partial charge in [0.2, 0.25) is 10.0 Å². The van der Waals surface area contributed by atoms with Crippen molar-refractivity contribution in [2.24, 2.45) is 5.92 Å². The molecule has 0 spiro atoms. The number of carbonyl (C=O) groups is 2. The molecule has 34 heavy (non-hydrogen) atoms. The highest BCUT2D eigenvalue weighted by molar-refractivity contribution is 7.92. The Morgan fingerprint density at radius 2 is 1.68 bits per heavy atom. The van der Waals surface area contributed by atoms with Crippen LogP contribution in [0, 0.1) is 5.92 Å². The van der Waals surface area contributed by atoms with Gasteiger partial charge in [-0.05, 0) is 61.7 Å². The number of halogens is 1. The SMILES string of the molecule is CCOC(=O)C1CCN(C(=O)COc2ccc(N(Cc3ccc(Cl)cc3)S(C)(=O)=O)cc2)CC1. The third kappa shape index (κ3) is 7.11. The molecule has 184 valence electrons. The van der Waals surface area contributed by atoms with Gasteiger partial charge in [-0.1, -0.05) is 23.7 Å². The van der Waals surface area contributed by atoms with Crippen molar-refractivity contribution in [2.45, 2.75) is 26.3 Å². The predicted octanol–water partition coefficient (Wildman–Crippen LogP) is 3.49. The van der Waals surface area contributed by atoms with Gasteiger partial charge in [-0.25, -0.2) is 8.42 Å². The van der Waals surface area contributed by atoms with Crippen molar-refractivity contribution in [1.29, 1.82) is 0 Å². The van der Waals surface area contributed by atoms with Crippen LogP contribution in [0.2, 0.25) is 5.02 Å². The molecule has 1 heterocycles. The lowest BCUT2D eigenvalue weighted by molar-refractivity contribution is -0.151. The maximum absolute atomic E-state index is 12.5. The molecular weight excluding hydrogens is 480 g/mol. The summed E-state index contributed by atoms with van der Waals surface area (Å²) in [4.78, 5) is 26.0. The van der Waals surface area contributed by atoms with E-state index in [9.17, 15) is 18.0 Å². The Bertz CT molecular complexity index is 1080. The van der Waals surface area contributed by atoms with E-state index in [0.717, 1.165) is 11.8 Å². The fourth-order valence-corrected chi connectivity index (χ4v) is 4.74. The summed E-state index contributed by atoms with van der Waals surface area (Å²) in [5, 5.41) is 0.578. The average Bonchev–Trinajstić information content (AvgIpc) is 2.82. The minimum absolute atomic E-state index is 0.135. The van der Waals surface area contributed by atoms with Gasteiger partial charge in [0.15, 0.2) is 6.61 Å². The van der Waals surface area contributed by atoms with Crippen LogP contribution in [0.25, 0.3) is 0 Å². The maximum atomic E-state index is 12.5. The summed E-state index contributed by atoms with van der Waals surface area (Å²) in [7, 11) is -3.53. The molecule has 0 radical (unpaired) electrons. The van der Waals surface area contributed by atoms with Crippen molar-refractivity contribution in [3.8, 4) is 5.75 Å². The molecule has 1 saturated heterocycles. The molecule has 0 aromatic heterocycles. The first-order valence-electron chi connectivity index (χ1n) is 11.1. The first-order valence-corrected chi connectivity index (χ1v) is 13.3. The fourth-order valence-electron chi connectivity index (χ4n) is 3.73. The van der Waals surface area contributed by atoms with E-state index in [4.69, 9.17) is 21.1 Å². The minimum atomic E-state index is -3.53. The molecule has 0 atom stereocenters. The molecule has 8 nitrogen and oxygen atoms in total. The lowest BCUT2D eigenvalue weighted by Gasteiger charge is -2.30. The first kappa shape index (κ1) is 25.8. The van der Waals surface area contributed by atoms with Gasteiger partial charge in [0, 0.05) is 18.1 Å². The van der Waals surface area contributed by atoms with Crippen LogP contribution in [0.3, 0.4) is 0 Å². The summed E-state index contributed by atoms with van der Waals surface area (Å²) in [5.74, 6) is -0.0707. The molecular formula is C24H29ClN2O6S. The van der Waals surface area contributed by atoms with E-state index in [1.807, 2.05) is 0 Å². The number of hydrogen-bond acceptors (Lipinski definition) is 6.